The molecule has 0 aliphatic rings. The number of rotatable bonds is 5. The highest BCUT2D eigenvalue weighted by Crippen LogP contribution is 2.49. The van der Waals surface area contributed by atoms with E-state index in [-0.39, 0.29) is 16.4 Å². The van der Waals surface area contributed by atoms with Crippen LogP contribution in [0.3, 0.4) is 0 Å². The molecule has 5 nitrogen and oxygen atoms in total. The number of methoxy groups -OCH3 is 2. The molecule has 0 unspecified atom stereocenters. The molecule has 1 aromatic carbocycles. The van der Waals surface area contributed by atoms with Crippen LogP contribution in [-0.2, 0) is 10.1 Å². The maximum atomic E-state index is 12.4. The molecule has 0 fully saturated rings. The Hall–Kier alpha value is -0.560. The van der Waals surface area contributed by atoms with Crippen molar-refractivity contribution in [2.45, 2.75) is 17.3 Å². The van der Waals surface area contributed by atoms with Crippen LogP contribution in [0.15, 0.2) is 11.0 Å². The van der Waals surface area contributed by atoms with Gasteiger partial charge in [-0.15, -0.1) is 0 Å². The van der Waals surface area contributed by atoms with E-state index in [0.717, 1.165) is 15.0 Å². The summed E-state index contributed by atoms with van der Waals surface area (Å²) < 4.78 is 73.8. The van der Waals surface area contributed by atoms with Crippen molar-refractivity contribution >= 4 is 40.3 Å². The van der Waals surface area contributed by atoms with Gasteiger partial charge in [0.25, 0.3) is 0 Å². The molecule has 0 saturated carbocycles. The van der Waals surface area contributed by atoms with Crippen molar-refractivity contribution in [3.05, 3.63) is 11.6 Å². The third-order valence-electron chi connectivity index (χ3n) is 2.31. The summed E-state index contributed by atoms with van der Waals surface area (Å²) in [6.45, 7) is 1.52. The van der Waals surface area contributed by atoms with Gasteiger partial charge >= 0.3 is 15.6 Å². The van der Waals surface area contributed by atoms with Gasteiger partial charge in [-0.1, -0.05) is 0 Å². The highest BCUT2D eigenvalue weighted by Gasteiger charge is 2.49. The average molecular weight is 458 g/mol. The standard InChI is InChI=1S/C10H10F3IO5S2/c1-5-4-6(19-21(15,16)10(11,12)13)9(20-14)8(18-3)7(5)17-2/h4H,1-3H3. The molecule has 0 radical (unpaired) electrons. The van der Waals surface area contributed by atoms with E-state index in [4.69, 9.17) is 9.47 Å². The van der Waals surface area contributed by atoms with Gasteiger partial charge in [0.05, 0.1) is 14.2 Å². The second-order valence-corrected chi connectivity index (χ2v) is 7.07. The Labute approximate surface area is 135 Å². The van der Waals surface area contributed by atoms with Crippen LogP contribution in [0.5, 0.6) is 17.2 Å². The number of hydrogen-bond acceptors (Lipinski definition) is 6. The molecule has 0 heterocycles. The van der Waals surface area contributed by atoms with Crippen LogP contribution < -0.4 is 13.7 Å². The van der Waals surface area contributed by atoms with Crippen LogP contribution in [0.1, 0.15) is 5.56 Å². The summed E-state index contributed by atoms with van der Waals surface area (Å²) in [6, 6.07) is 1.14. The van der Waals surface area contributed by atoms with Gasteiger partial charge in [-0.2, -0.15) is 21.6 Å². The molecular weight excluding hydrogens is 448 g/mol. The minimum Gasteiger partial charge on any atom is -0.493 e. The highest BCUT2D eigenvalue weighted by molar-refractivity contribution is 14.2. The van der Waals surface area contributed by atoms with E-state index in [2.05, 4.69) is 4.18 Å². The van der Waals surface area contributed by atoms with Crippen LogP contribution in [0, 0.1) is 6.92 Å². The molecule has 1 aromatic rings. The average Bonchev–Trinajstić information content (AvgIpc) is 2.36. The number of hydrogen-bond donors (Lipinski definition) is 0. The summed E-state index contributed by atoms with van der Waals surface area (Å²) in [4.78, 5) is 0.0772. The molecule has 0 saturated heterocycles. The van der Waals surface area contributed by atoms with Crippen molar-refractivity contribution in [3.8, 4) is 17.2 Å². The van der Waals surface area contributed by atoms with E-state index in [1.54, 1.807) is 21.2 Å². The number of aryl methyl sites for hydroxylation is 1. The predicted molar refractivity (Wildman–Crippen MR) is 79.8 cm³/mol. The Morgan fingerprint density at radius 3 is 2.10 bits per heavy atom. The molecular formula is C10H10F3IO5S2. The molecule has 0 amide bonds. The Balaban J connectivity index is 3.48. The van der Waals surface area contributed by atoms with E-state index in [9.17, 15) is 21.6 Å². The zero-order valence-corrected chi connectivity index (χ0v) is 14.7. The second kappa shape index (κ2) is 6.69. The Morgan fingerprint density at radius 2 is 1.71 bits per heavy atom. The van der Waals surface area contributed by atoms with E-state index in [1.165, 1.54) is 21.1 Å². The van der Waals surface area contributed by atoms with Gasteiger partial charge in [0.1, 0.15) is 4.90 Å². The molecule has 11 heteroatoms. The summed E-state index contributed by atoms with van der Waals surface area (Å²) >= 11 is 1.77. The van der Waals surface area contributed by atoms with Crippen molar-refractivity contribution in [3.63, 3.8) is 0 Å². The van der Waals surface area contributed by atoms with Crippen LogP contribution in [0.25, 0.3) is 0 Å². The summed E-state index contributed by atoms with van der Waals surface area (Å²) in [7, 11) is -2.17. The minimum atomic E-state index is -5.76. The van der Waals surface area contributed by atoms with E-state index in [1.807, 2.05) is 0 Å². The molecule has 0 aromatic heterocycles. The maximum Gasteiger partial charge on any atom is 0.534 e. The molecule has 21 heavy (non-hydrogen) atoms. The number of benzene rings is 1. The lowest BCUT2D eigenvalue weighted by molar-refractivity contribution is -0.0500. The summed E-state index contributed by atoms with van der Waals surface area (Å²) in [5.41, 5.74) is -5.14. The van der Waals surface area contributed by atoms with Gasteiger partial charge in [0.15, 0.2) is 17.2 Å². The largest absolute Gasteiger partial charge is 0.534 e. The van der Waals surface area contributed by atoms with Gasteiger partial charge in [-0.05, 0) is 27.5 Å². The maximum absolute atomic E-state index is 12.4. The van der Waals surface area contributed by atoms with Gasteiger partial charge < -0.3 is 13.7 Å². The first-order valence-corrected chi connectivity index (χ1v) is 9.90. The molecule has 0 N–H and O–H groups in total. The van der Waals surface area contributed by atoms with Gasteiger partial charge in [0.2, 0.25) is 0 Å². The van der Waals surface area contributed by atoms with Crippen molar-refractivity contribution in [1.29, 1.82) is 0 Å². The predicted octanol–water partition coefficient (Wildman–Crippen LogP) is 3.68. The van der Waals surface area contributed by atoms with Gasteiger partial charge in [-0.25, -0.2) is 0 Å². The van der Waals surface area contributed by atoms with Crippen LogP contribution >= 0.6 is 30.1 Å². The summed E-state index contributed by atoms with van der Waals surface area (Å²) in [5, 5.41) is 0. The quantitative estimate of drug-likeness (QED) is 0.381. The lowest BCUT2D eigenvalue weighted by Gasteiger charge is -2.17. The molecule has 0 bridgehead atoms. The third kappa shape index (κ3) is 3.80. The van der Waals surface area contributed by atoms with Crippen molar-refractivity contribution < 1.29 is 35.2 Å². The fourth-order valence-corrected chi connectivity index (χ4v) is 3.65. The smallest absolute Gasteiger partial charge is 0.493 e. The molecule has 0 atom stereocenters. The van der Waals surface area contributed by atoms with Crippen molar-refractivity contribution in [1.82, 2.24) is 0 Å². The highest BCUT2D eigenvalue weighted by atomic mass is 127. The zero-order chi connectivity index (χ0) is 16.4. The number of halogens is 4. The second-order valence-electron chi connectivity index (χ2n) is 3.65. The Morgan fingerprint density at radius 1 is 1.19 bits per heavy atom. The van der Waals surface area contributed by atoms with Gasteiger partial charge in [0, 0.05) is 21.2 Å². The fourth-order valence-electron chi connectivity index (χ4n) is 1.46. The summed E-state index contributed by atoms with van der Waals surface area (Å²) in [5.74, 6) is -0.0837. The first-order valence-electron chi connectivity index (χ1n) is 5.14. The topological polar surface area (TPSA) is 61.8 Å². The first-order chi connectivity index (χ1) is 9.59. The first kappa shape index (κ1) is 18.5. The van der Waals surface area contributed by atoms with Crippen LogP contribution in [0.4, 0.5) is 13.2 Å². The molecule has 120 valence electrons. The minimum absolute atomic E-state index is 0.0772. The van der Waals surface area contributed by atoms with Crippen LogP contribution in [0.2, 0.25) is 0 Å². The molecule has 0 aliphatic carbocycles. The van der Waals surface area contributed by atoms with Crippen molar-refractivity contribution in [2.75, 3.05) is 14.2 Å². The molecule has 0 spiro atoms. The lowest BCUT2D eigenvalue weighted by Crippen LogP contribution is -2.28. The SMILES string of the molecule is COc1c(C)cc(OS(=O)(=O)C(F)(F)F)c(SI)c1OC. The zero-order valence-electron chi connectivity index (χ0n) is 10.9. The van der Waals surface area contributed by atoms with Crippen LogP contribution in [-0.4, -0.2) is 28.1 Å². The fraction of sp³-hybridized carbons (Fsp3) is 0.400. The number of alkyl halides is 3. The Kier molecular flexibility index (Phi) is 5.89. The Bertz CT molecular complexity index is 631. The lowest BCUT2D eigenvalue weighted by atomic mass is 10.2. The number of ether oxygens (including phenoxy) is 2. The van der Waals surface area contributed by atoms with E-state index < -0.39 is 21.4 Å². The monoisotopic (exact) mass is 458 g/mol. The summed E-state index contributed by atoms with van der Waals surface area (Å²) in [6.07, 6.45) is 0. The van der Waals surface area contributed by atoms with E-state index >= 15 is 0 Å². The van der Waals surface area contributed by atoms with Gasteiger partial charge in [-0.3, -0.25) is 0 Å². The molecule has 1 rings (SSSR count). The van der Waals surface area contributed by atoms with E-state index in [0.29, 0.717) is 5.56 Å². The third-order valence-corrected chi connectivity index (χ3v) is 5.14. The normalized spacial score (nSPS) is 12.1. The molecule has 0 aliphatic heterocycles. The van der Waals surface area contributed by atoms with Crippen molar-refractivity contribution in [2.24, 2.45) is 0 Å².